The maximum absolute atomic E-state index is 13.4. The number of carbonyl (C=O) groups excluding carboxylic acids is 2. The number of nitrogens with zero attached hydrogens (tertiary/aromatic N) is 1. The number of rotatable bonds is 11. The van der Waals surface area contributed by atoms with Crippen molar-refractivity contribution in [2.75, 3.05) is 18.0 Å². The SMILES string of the molecule is CCCCC(NC(=O)Cc1ccc2[nH]cc(CCC(=O)OC(C)(C)C)c2c1)c1ccccc1N1CCCCC1. The number of hydrogen-bond acceptors (Lipinski definition) is 4. The Kier molecular flexibility index (Phi) is 9.71. The number of nitrogens with one attached hydrogen (secondary N) is 2. The first-order valence-corrected chi connectivity index (χ1v) is 14.7. The van der Waals surface area contributed by atoms with Gasteiger partial charge in [0.1, 0.15) is 5.60 Å². The molecule has 0 bridgehead atoms. The zero-order valence-corrected chi connectivity index (χ0v) is 24.1. The van der Waals surface area contributed by atoms with Gasteiger partial charge in [0, 0.05) is 42.3 Å². The van der Waals surface area contributed by atoms with Crippen LogP contribution in [0.25, 0.3) is 10.9 Å². The van der Waals surface area contributed by atoms with Crippen molar-refractivity contribution < 1.29 is 14.3 Å². The highest BCUT2D eigenvalue weighted by atomic mass is 16.6. The lowest BCUT2D eigenvalue weighted by Crippen LogP contribution is -2.34. The molecule has 1 fully saturated rings. The Balaban J connectivity index is 1.46. The van der Waals surface area contributed by atoms with E-state index in [0.717, 1.165) is 54.4 Å². The summed E-state index contributed by atoms with van der Waals surface area (Å²) in [5.41, 5.74) is 5.05. The summed E-state index contributed by atoms with van der Waals surface area (Å²) < 4.78 is 5.47. The van der Waals surface area contributed by atoms with E-state index in [0.29, 0.717) is 19.3 Å². The molecule has 0 spiro atoms. The van der Waals surface area contributed by atoms with E-state index in [1.807, 2.05) is 39.1 Å². The molecule has 210 valence electrons. The van der Waals surface area contributed by atoms with Gasteiger partial charge in [0.25, 0.3) is 0 Å². The van der Waals surface area contributed by atoms with Gasteiger partial charge in [-0.3, -0.25) is 9.59 Å². The van der Waals surface area contributed by atoms with E-state index in [-0.39, 0.29) is 17.9 Å². The van der Waals surface area contributed by atoms with Crippen LogP contribution in [0, 0.1) is 0 Å². The first-order chi connectivity index (χ1) is 18.7. The smallest absolute Gasteiger partial charge is 0.306 e. The summed E-state index contributed by atoms with van der Waals surface area (Å²) in [6, 6.07) is 14.7. The average Bonchev–Trinajstić information content (AvgIpc) is 3.31. The molecule has 1 unspecified atom stereocenters. The van der Waals surface area contributed by atoms with Crippen LogP contribution in [-0.4, -0.2) is 35.6 Å². The van der Waals surface area contributed by atoms with Gasteiger partial charge in [-0.15, -0.1) is 0 Å². The third-order valence-electron chi connectivity index (χ3n) is 7.41. The highest BCUT2D eigenvalue weighted by Crippen LogP contribution is 2.31. The summed E-state index contributed by atoms with van der Waals surface area (Å²) in [6.45, 7) is 10.0. The number of aromatic amines is 1. The summed E-state index contributed by atoms with van der Waals surface area (Å²) in [5, 5.41) is 4.44. The second-order valence-corrected chi connectivity index (χ2v) is 11.8. The van der Waals surface area contributed by atoms with Gasteiger partial charge < -0.3 is 19.9 Å². The molecule has 2 heterocycles. The minimum atomic E-state index is -0.485. The molecule has 1 aromatic heterocycles. The van der Waals surface area contributed by atoms with E-state index in [1.165, 1.54) is 30.5 Å². The Morgan fingerprint density at radius 1 is 1.08 bits per heavy atom. The average molecular weight is 532 g/mol. The normalized spacial score (nSPS) is 14.8. The van der Waals surface area contributed by atoms with Gasteiger partial charge in [0.2, 0.25) is 5.91 Å². The topological polar surface area (TPSA) is 74.4 Å². The number of aryl methyl sites for hydroxylation is 1. The number of benzene rings is 2. The Labute approximate surface area is 233 Å². The molecule has 1 amide bonds. The van der Waals surface area contributed by atoms with Crippen LogP contribution in [-0.2, 0) is 27.2 Å². The Morgan fingerprint density at radius 3 is 2.59 bits per heavy atom. The second kappa shape index (κ2) is 13.2. The van der Waals surface area contributed by atoms with Crippen molar-refractivity contribution in [3.05, 3.63) is 65.4 Å². The van der Waals surface area contributed by atoms with Crippen LogP contribution in [0.3, 0.4) is 0 Å². The molecular formula is C33H45N3O3. The van der Waals surface area contributed by atoms with E-state index in [2.05, 4.69) is 52.5 Å². The van der Waals surface area contributed by atoms with Crippen molar-refractivity contribution in [3.8, 4) is 0 Å². The monoisotopic (exact) mass is 531 g/mol. The number of amides is 1. The van der Waals surface area contributed by atoms with E-state index in [9.17, 15) is 9.59 Å². The highest BCUT2D eigenvalue weighted by molar-refractivity contribution is 5.86. The standard InChI is InChI=1S/C33H45N3O3/c1-5-6-13-29(26-12-8-9-14-30(26)36-19-10-7-11-20-36)35-31(37)22-24-15-17-28-27(21-24)25(23-34-28)16-18-32(38)39-33(2,3)4/h8-9,12,14-15,17,21,23,29,34H,5-7,10-11,13,16,18-20,22H2,1-4H3,(H,35,37). The molecule has 3 aromatic rings. The molecule has 0 aliphatic carbocycles. The fourth-order valence-corrected chi connectivity index (χ4v) is 5.52. The first-order valence-electron chi connectivity index (χ1n) is 14.7. The third-order valence-corrected chi connectivity index (χ3v) is 7.41. The summed E-state index contributed by atoms with van der Waals surface area (Å²) >= 11 is 0. The van der Waals surface area contributed by atoms with Crippen molar-refractivity contribution in [1.29, 1.82) is 0 Å². The Morgan fingerprint density at radius 2 is 1.85 bits per heavy atom. The number of hydrogen-bond donors (Lipinski definition) is 2. The molecule has 2 N–H and O–H groups in total. The van der Waals surface area contributed by atoms with Gasteiger partial charge in [-0.2, -0.15) is 0 Å². The minimum absolute atomic E-state index is 0.00374. The summed E-state index contributed by atoms with van der Waals surface area (Å²) in [4.78, 5) is 31.4. The van der Waals surface area contributed by atoms with Crippen molar-refractivity contribution >= 4 is 28.5 Å². The van der Waals surface area contributed by atoms with Gasteiger partial charge in [-0.25, -0.2) is 0 Å². The molecule has 0 saturated carbocycles. The lowest BCUT2D eigenvalue weighted by Gasteiger charge is -2.33. The van der Waals surface area contributed by atoms with Crippen LogP contribution >= 0.6 is 0 Å². The molecular weight excluding hydrogens is 486 g/mol. The molecule has 2 aromatic carbocycles. The second-order valence-electron chi connectivity index (χ2n) is 11.8. The van der Waals surface area contributed by atoms with Gasteiger partial charge in [-0.1, -0.05) is 44.0 Å². The predicted molar refractivity (Wildman–Crippen MR) is 159 cm³/mol. The zero-order chi connectivity index (χ0) is 27.8. The molecule has 1 saturated heterocycles. The van der Waals surface area contributed by atoms with Gasteiger partial charge >= 0.3 is 5.97 Å². The molecule has 1 aliphatic heterocycles. The molecule has 6 nitrogen and oxygen atoms in total. The van der Waals surface area contributed by atoms with E-state index in [4.69, 9.17) is 4.74 Å². The molecule has 1 atom stereocenters. The molecule has 0 radical (unpaired) electrons. The van der Waals surface area contributed by atoms with Crippen LogP contribution in [0.5, 0.6) is 0 Å². The van der Waals surface area contributed by atoms with E-state index >= 15 is 0 Å². The molecule has 39 heavy (non-hydrogen) atoms. The number of unbranched alkanes of at least 4 members (excludes halogenated alkanes) is 1. The summed E-state index contributed by atoms with van der Waals surface area (Å²) in [5.74, 6) is -0.162. The molecule has 6 heteroatoms. The van der Waals surface area contributed by atoms with Gasteiger partial charge in [0.05, 0.1) is 12.5 Å². The first kappa shape index (κ1) is 28.7. The van der Waals surface area contributed by atoms with Crippen LogP contribution in [0.2, 0.25) is 0 Å². The van der Waals surface area contributed by atoms with Crippen molar-refractivity contribution in [3.63, 3.8) is 0 Å². The summed E-state index contributed by atoms with van der Waals surface area (Å²) in [6.07, 6.45) is 10.0. The largest absolute Gasteiger partial charge is 0.460 e. The number of H-pyrrole nitrogens is 1. The molecule has 4 rings (SSSR count). The number of piperidine rings is 1. The maximum atomic E-state index is 13.4. The molecule has 1 aliphatic rings. The number of ether oxygens (including phenoxy) is 1. The van der Waals surface area contributed by atoms with Crippen LogP contribution in [0.4, 0.5) is 5.69 Å². The van der Waals surface area contributed by atoms with Crippen molar-refractivity contribution in [2.24, 2.45) is 0 Å². The zero-order valence-electron chi connectivity index (χ0n) is 24.1. The number of anilines is 1. The number of aromatic nitrogens is 1. The Hall–Kier alpha value is -3.28. The highest BCUT2D eigenvalue weighted by Gasteiger charge is 2.22. The van der Waals surface area contributed by atoms with Crippen molar-refractivity contribution in [2.45, 2.75) is 97.1 Å². The van der Waals surface area contributed by atoms with Crippen LogP contribution in [0.15, 0.2) is 48.7 Å². The Bertz CT molecular complexity index is 1250. The quantitative estimate of drug-likeness (QED) is 0.261. The minimum Gasteiger partial charge on any atom is -0.460 e. The number of para-hydroxylation sites is 1. The fraction of sp³-hybridized carbons (Fsp3) is 0.515. The van der Waals surface area contributed by atoms with Crippen LogP contribution < -0.4 is 10.2 Å². The summed E-state index contributed by atoms with van der Waals surface area (Å²) in [7, 11) is 0. The number of esters is 1. The third kappa shape index (κ3) is 8.11. The van der Waals surface area contributed by atoms with Crippen LogP contribution in [0.1, 0.15) is 95.4 Å². The van der Waals surface area contributed by atoms with Crippen molar-refractivity contribution in [1.82, 2.24) is 10.3 Å². The maximum Gasteiger partial charge on any atom is 0.306 e. The number of carbonyl (C=O) groups is 2. The predicted octanol–water partition coefficient (Wildman–Crippen LogP) is 7.02. The number of fused-ring (bicyclic) bond motifs is 1. The lowest BCUT2D eigenvalue weighted by molar-refractivity contribution is -0.154. The van der Waals surface area contributed by atoms with E-state index < -0.39 is 5.60 Å². The fourth-order valence-electron chi connectivity index (χ4n) is 5.52. The van der Waals surface area contributed by atoms with E-state index in [1.54, 1.807) is 0 Å². The van der Waals surface area contributed by atoms with Gasteiger partial charge in [0.15, 0.2) is 0 Å². The lowest BCUT2D eigenvalue weighted by atomic mass is 9.97. The van der Waals surface area contributed by atoms with Gasteiger partial charge in [-0.05, 0) is 87.8 Å².